The predicted octanol–water partition coefficient (Wildman–Crippen LogP) is 3.68. The molecule has 0 aliphatic heterocycles. The zero-order valence-electron chi connectivity index (χ0n) is 9.08. The largest absolute Gasteiger partial charge is 0.396 e. The highest BCUT2D eigenvalue weighted by Crippen LogP contribution is 2.12. The summed E-state index contributed by atoms with van der Waals surface area (Å²) in [6, 6.07) is 8.72. The average molecular weight is 271 g/mol. The summed E-state index contributed by atoms with van der Waals surface area (Å²) in [5, 5.41) is 9.58. The van der Waals surface area contributed by atoms with Gasteiger partial charge < -0.3 is 5.11 Å². The zero-order chi connectivity index (χ0) is 10.9. The third-order valence-electron chi connectivity index (χ3n) is 2.52. The van der Waals surface area contributed by atoms with Crippen molar-refractivity contribution >= 4 is 15.9 Å². The summed E-state index contributed by atoms with van der Waals surface area (Å²) in [6.07, 6.45) is 5.70. The van der Waals surface area contributed by atoms with E-state index < -0.39 is 0 Å². The third-order valence-corrected chi connectivity index (χ3v) is 3.17. The number of benzene rings is 1. The first-order chi connectivity index (χ1) is 7.36. The Morgan fingerprint density at radius 3 is 2.47 bits per heavy atom. The molecule has 1 aromatic rings. The summed E-state index contributed by atoms with van der Waals surface area (Å²) in [5.74, 6) is 0. The predicted molar refractivity (Wildman–Crippen MR) is 68.3 cm³/mol. The molecule has 0 aliphatic rings. The fourth-order valence-corrected chi connectivity index (χ4v) is 2.01. The number of aliphatic hydroxyl groups excluding tert-OH is 1. The molecule has 1 N–H and O–H groups in total. The second kappa shape index (κ2) is 7.89. The van der Waals surface area contributed by atoms with Gasteiger partial charge in [0.05, 0.1) is 0 Å². The fourth-order valence-electron chi connectivity index (χ4n) is 1.66. The van der Waals surface area contributed by atoms with Gasteiger partial charge in [0.25, 0.3) is 0 Å². The van der Waals surface area contributed by atoms with Crippen molar-refractivity contribution in [3.8, 4) is 0 Å². The summed E-state index contributed by atoms with van der Waals surface area (Å²) >= 11 is 3.47. The van der Waals surface area contributed by atoms with Crippen LogP contribution in [-0.4, -0.2) is 11.7 Å². The van der Waals surface area contributed by atoms with Gasteiger partial charge in [-0.25, -0.2) is 0 Å². The molecule has 0 aliphatic carbocycles. The lowest BCUT2D eigenvalue weighted by Gasteiger charge is -2.03. The van der Waals surface area contributed by atoms with E-state index in [1.54, 1.807) is 0 Å². The van der Waals surface area contributed by atoms with Crippen molar-refractivity contribution in [2.45, 2.75) is 37.4 Å². The molecule has 0 aromatic heterocycles. The molecule has 0 fully saturated rings. The van der Waals surface area contributed by atoms with E-state index in [0.717, 1.165) is 24.6 Å². The van der Waals surface area contributed by atoms with Gasteiger partial charge in [0.15, 0.2) is 0 Å². The smallest absolute Gasteiger partial charge is 0.0431 e. The van der Waals surface area contributed by atoms with Gasteiger partial charge in [0, 0.05) is 11.9 Å². The second-order valence-corrected chi connectivity index (χ2v) is 4.40. The van der Waals surface area contributed by atoms with Crippen LogP contribution in [0.4, 0.5) is 0 Å². The van der Waals surface area contributed by atoms with E-state index in [0.29, 0.717) is 6.61 Å². The summed E-state index contributed by atoms with van der Waals surface area (Å²) in [6.45, 7) is 0.332. The summed E-state index contributed by atoms with van der Waals surface area (Å²) < 4.78 is 0. The van der Waals surface area contributed by atoms with E-state index in [1.165, 1.54) is 24.0 Å². The van der Waals surface area contributed by atoms with Gasteiger partial charge >= 0.3 is 0 Å². The van der Waals surface area contributed by atoms with Gasteiger partial charge in [-0.05, 0) is 30.4 Å². The first kappa shape index (κ1) is 12.7. The molecular weight excluding hydrogens is 252 g/mol. The molecule has 2 heteroatoms. The normalized spacial score (nSPS) is 10.5. The van der Waals surface area contributed by atoms with Crippen LogP contribution in [0, 0.1) is 0 Å². The molecule has 1 nitrogen and oxygen atoms in total. The van der Waals surface area contributed by atoms with E-state index in [4.69, 9.17) is 5.11 Å². The SMILES string of the molecule is OCCCCCCc1cccc(CBr)c1. The van der Waals surface area contributed by atoms with E-state index >= 15 is 0 Å². The average Bonchev–Trinajstić information content (AvgIpc) is 2.29. The van der Waals surface area contributed by atoms with Crippen LogP contribution in [0.5, 0.6) is 0 Å². The highest BCUT2D eigenvalue weighted by molar-refractivity contribution is 9.08. The highest BCUT2D eigenvalue weighted by Gasteiger charge is 1.95. The van der Waals surface area contributed by atoms with Crippen molar-refractivity contribution in [2.75, 3.05) is 6.61 Å². The number of halogens is 1. The topological polar surface area (TPSA) is 20.2 Å². The molecule has 0 saturated carbocycles. The summed E-state index contributed by atoms with van der Waals surface area (Å²) in [5.41, 5.74) is 2.78. The van der Waals surface area contributed by atoms with Crippen molar-refractivity contribution in [3.05, 3.63) is 35.4 Å². The number of rotatable bonds is 7. The van der Waals surface area contributed by atoms with Gasteiger partial charge in [0.1, 0.15) is 0 Å². The quantitative estimate of drug-likeness (QED) is 0.592. The molecule has 1 aromatic carbocycles. The number of aliphatic hydroxyl groups is 1. The Balaban J connectivity index is 2.24. The van der Waals surface area contributed by atoms with Crippen molar-refractivity contribution in [3.63, 3.8) is 0 Å². The molecule has 15 heavy (non-hydrogen) atoms. The minimum Gasteiger partial charge on any atom is -0.396 e. The lowest BCUT2D eigenvalue weighted by molar-refractivity contribution is 0.282. The maximum atomic E-state index is 8.65. The first-order valence-electron chi connectivity index (χ1n) is 5.61. The molecule has 0 unspecified atom stereocenters. The lowest BCUT2D eigenvalue weighted by Crippen LogP contribution is -1.89. The molecule has 0 spiro atoms. The van der Waals surface area contributed by atoms with Crippen molar-refractivity contribution in [1.29, 1.82) is 0 Å². The second-order valence-electron chi connectivity index (χ2n) is 3.84. The van der Waals surface area contributed by atoms with Crippen LogP contribution in [0.3, 0.4) is 0 Å². The molecule has 0 saturated heterocycles. The number of unbranched alkanes of at least 4 members (excludes halogenated alkanes) is 3. The number of aryl methyl sites for hydroxylation is 1. The Morgan fingerprint density at radius 1 is 1.00 bits per heavy atom. The Kier molecular flexibility index (Phi) is 6.69. The maximum Gasteiger partial charge on any atom is 0.0431 e. The molecule has 84 valence electrons. The summed E-state index contributed by atoms with van der Waals surface area (Å²) in [7, 11) is 0. The van der Waals surface area contributed by atoms with Crippen LogP contribution in [0.15, 0.2) is 24.3 Å². The molecule has 0 amide bonds. The fraction of sp³-hybridized carbons (Fsp3) is 0.538. The molecule has 1 rings (SSSR count). The van der Waals surface area contributed by atoms with Gasteiger partial charge in [-0.1, -0.05) is 53.0 Å². The van der Waals surface area contributed by atoms with Crippen molar-refractivity contribution in [1.82, 2.24) is 0 Å². The zero-order valence-corrected chi connectivity index (χ0v) is 10.7. The Morgan fingerprint density at radius 2 is 1.73 bits per heavy atom. The van der Waals surface area contributed by atoms with Crippen molar-refractivity contribution < 1.29 is 5.11 Å². The van der Waals surface area contributed by atoms with E-state index in [2.05, 4.69) is 40.2 Å². The van der Waals surface area contributed by atoms with Crippen LogP contribution in [0.1, 0.15) is 36.8 Å². The van der Waals surface area contributed by atoms with E-state index in [1.807, 2.05) is 0 Å². The van der Waals surface area contributed by atoms with Crippen LogP contribution in [-0.2, 0) is 11.8 Å². The van der Waals surface area contributed by atoms with Crippen LogP contribution in [0.2, 0.25) is 0 Å². The van der Waals surface area contributed by atoms with Crippen LogP contribution < -0.4 is 0 Å². The molecular formula is C13H19BrO. The highest BCUT2D eigenvalue weighted by atomic mass is 79.9. The van der Waals surface area contributed by atoms with E-state index in [-0.39, 0.29) is 0 Å². The third kappa shape index (κ3) is 5.33. The number of alkyl halides is 1. The van der Waals surface area contributed by atoms with Gasteiger partial charge in [-0.3, -0.25) is 0 Å². The Bertz CT molecular complexity index is 273. The molecule has 0 bridgehead atoms. The van der Waals surface area contributed by atoms with Crippen LogP contribution in [0.25, 0.3) is 0 Å². The molecule has 0 heterocycles. The minimum atomic E-state index is 0.332. The van der Waals surface area contributed by atoms with Crippen molar-refractivity contribution in [2.24, 2.45) is 0 Å². The van der Waals surface area contributed by atoms with Gasteiger partial charge in [-0.2, -0.15) is 0 Å². The van der Waals surface area contributed by atoms with Gasteiger partial charge in [-0.15, -0.1) is 0 Å². The molecule has 0 radical (unpaired) electrons. The summed E-state index contributed by atoms with van der Waals surface area (Å²) in [4.78, 5) is 0. The maximum absolute atomic E-state index is 8.65. The van der Waals surface area contributed by atoms with E-state index in [9.17, 15) is 0 Å². The first-order valence-corrected chi connectivity index (χ1v) is 6.73. The lowest BCUT2D eigenvalue weighted by atomic mass is 10.0. The Labute approximate surface area is 101 Å². The van der Waals surface area contributed by atoms with Gasteiger partial charge in [0.2, 0.25) is 0 Å². The number of hydrogen-bond acceptors (Lipinski definition) is 1. The monoisotopic (exact) mass is 270 g/mol. The Hall–Kier alpha value is -0.340. The van der Waals surface area contributed by atoms with Crippen LogP contribution >= 0.6 is 15.9 Å². The minimum absolute atomic E-state index is 0.332. The number of hydrogen-bond donors (Lipinski definition) is 1. The molecule has 0 atom stereocenters. The standard InChI is InChI=1S/C13H19BrO/c14-11-13-8-5-7-12(10-13)6-3-1-2-4-9-15/h5,7-8,10,15H,1-4,6,9,11H2.